The van der Waals surface area contributed by atoms with Crippen LogP contribution in [0.4, 0.5) is 0 Å². The summed E-state index contributed by atoms with van der Waals surface area (Å²) in [5, 5.41) is 9.38. The van der Waals surface area contributed by atoms with Gasteiger partial charge in [-0.15, -0.1) is 0 Å². The Kier molecular flexibility index (Phi) is 8.94. The predicted molar refractivity (Wildman–Crippen MR) is 108 cm³/mol. The summed E-state index contributed by atoms with van der Waals surface area (Å²) in [7, 11) is 0. The molecule has 3 fully saturated rings. The molecule has 0 aromatic rings. The van der Waals surface area contributed by atoms with Crippen molar-refractivity contribution in [2.24, 2.45) is 17.8 Å². The Balaban J connectivity index is 1.17. The van der Waals surface area contributed by atoms with Gasteiger partial charge in [0.05, 0.1) is 18.3 Å². The van der Waals surface area contributed by atoms with Crippen LogP contribution in [0.15, 0.2) is 0 Å². The summed E-state index contributed by atoms with van der Waals surface area (Å²) in [6, 6.07) is 2.53. The molecule has 3 nitrogen and oxygen atoms in total. The van der Waals surface area contributed by atoms with Gasteiger partial charge in [0.15, 0.2) is 0 Å². The molecule has 152 valence electrons. The normalized spacial score (nSPS) is 30.5. The van der Waals surface area contributed by atoms with Crippen LogP contribution in [0.5, 0.6) is 0 Å². The molecular weight excluding hydrogens is 334 g/mol. The van der Waals surface area contributed by atoms with E-state index in [1.807, 2.05) is 0 Å². The van der Waals surface area contributed by atoms with Crippen molar-refractivity contribution in [2.45, 2.75) is 115 Å². The number of nitriles is 1. The van der Waals surface area contributed by atoms with E-state index in [4.69, 9.17) is 9.47 Å². The molecule has 1 saturated heterocycles. The van der Waals surface area contributed by atoms with E-state index in [0.29, 0.717) is 18.1 Å². The molecule has 0 aromatic carbocycles. The van der Waals surface area contributed by atoms with Crippen LogP contribution in [0, 0.1) is 42.3 Å². The van der Waals surface area contributed by atoms with Crippen LogP contribution in [-0.4, -0.2) is 12.2 Å². The number of nitrogens with zero attached hydrogens (tertiary/aromatic N) is 1. The van der Waals surface area contributed by atoms with Gasteiger partial charge in [-0.05, 0) is 44.4 Å². The third-order valence-electron chi connectivity index (χ3n) is 6.93. The monoisotopic (exact) mass is 373 g/mol. The predicted octanol–water partition coefficient (Wildman–Crippen LogP) is 6.73. The van der Waals surface area contributed by atoms with Gasteiger partial charge in [0.1, 0.15) is 0 Å². The zero-order valence-electron chi connectivity index (χ0n) is 17.2. The van der Waals surface area contributed by atoms with Crippen molar-refractivity contribution in [3.63, 3.8) is 0 Å². The molecule has 2 bridgehead atoms. The van der Waals surface area contributed by atoms with Crippen LogP contribution in [0.1, 0.15) is 103 Å². The molecule has 2 radical (unpaired) electrons. The summed E-state index contributed by atoms with van der Waals surface area (Å²) in [6.45, 7) is 3.89. The van der Waals surface area contributed by atoms with Crippen LogP contribution in [0.3, 0.4) is 0 Å². The lowest BCUT2D eigenvalue weighted by Gasteiger charge is -2.39. The van der Waals surface area contributed by atoms with E-state index >= 15 is 0 Å². The Morgan fingerprint density at radius 3 is 2.04 bits per heavy atom. The number of ether oxygens (including phenoxy) is 2. The minimum Gasteiger partial charge on any atom is -0.342 e. The molecule has 0 amide bonds. The van der Waals surface area contributed by atoms with E-state index < -0.39 is 0 Å². The van der Waals surface area contributed by atoms with Gasteiger partial charge in [-0.2, -0.15) is 5.26 Å². The molecule has 3 heteroatoms. The molecule has 2 aliphatic carbocycles. The van der Waals surface area contributed by atoms with Crippen molar-refractivity contribution in [3.8, 4) is 6.07 Å². The summed E-state index contributed by atoms with van der Waals surface area (Å²) in [5.41, 5.74) is 0. The highest BCUT2D eigenvalue weighted by atomic mass is 16.7. The number of rotatable bonds is 14. The number of fused-ring (bicyclic) bond motifs is 1. The van der Waals surface area contributed by atoms with Gasteiger partial charge in [-0.1, -0.05) is 64.7 Å². The van der Waals surface area contributed by atoms with Gasteiger partial charge < -0.3 is 9.47 Å². The first-order valence-corrected chi connectivity index (χ1v) is 11.7. The van der Waals surface area contributed by atoms with Crippen molar-refractivity contribution in [2.75, 3.05) is 0 Å². The number of unbranched alkanes of at least 4 members (excludes halogenated alkanes) is 8. The second-order valence-electron chi connectivity index (χ2n) is 9.11. The van der Waals surface area contributed by atoms with E-state index in [1.165, 1.54) is 64.2 Å². The number of hydrogen-bond donors (Lipinski definition) is 0. The molecule has 1 aliphatic heterocycles. The van der Waals surface area contributed by atoms with Gasteiger partial charge in [0.25, 0.3) is 0 Å². The first-order valence-electron chi connectivity index (χ1n) is 11.7. The molecule has 3 aliphatic rings. The highest BCUT2D eigenvalue weighted by molar-refractivity contribution is 5.01. The lowest BCUT2D eigenvalue weighted by molar-refractivity contribution is -0.198. The Bertz CT molecular complexity index is 444. The molecule has 3 unspecified atom stereocenters. The Morgan fingerprint density at radius 2 is 1.44 bits per heavy atom. The van der Waals surface area contributed by atoms with Gasteiger partial charge in [0, 0.05) is 18.3 Å². The van der Waals surface area contributed by atoms with Crippen LogP contribution < -0.4 is 0 Å². The summed E-state index contributed by atoms with van der Waals surface area (Å²) >= 11 is 0. The fourth-order valence-electron chi connectivity index (χ4n) is 5.36. The lowest BCUT2D eigenvalue weighted by Crippen LogP contribution is -2.40. The molecule has 3 atom stereocenters. The van der Waals surface area contributed by atoms with Crippen molar-refractivity contribution in [1.82, 2.24) is 0 Å². The van der Waals surface area contributed by atoms with Crippen molar-refractivity contribution >= 4 is 0 Å². The van der Waals surface area contributed by atoms with Crippen LogP contribution >= 0.6 is 0 Å². The molecule has 27 heavy (non-hydrogen) atoms. The van der Waals surface area contributed by atoms with Crippen molar-refractivity contribution < 1.29 is 9.47 Å². The zero-order valence-corrected chi connectivity index (χ0v) is 17.2. The standard InChI is InChI=1S/C24H39NO2/c1-2-3-4-5-6-7-9-12-19(18-25)13-10-8-11-14-24-26-22-16-20-15-21(22)23(17-20)27-24/h19-23H,1-17H2. The van der Waals surface area contributed by atoms with Gasteiger partial charge >= 0.3 is 0 Å². The molecule has 0 aromatic heterocycles. The Morgan fingerprint density at radius 1 is 0.852 bits per heavy atom. The molecule has 0 N–H and O–H groups in total. The molecule has 3 rings (SSSR count). The SMILES string of the molecule is [CH2]CCCCCCCCC(C#N)CCCCC[C]1OC2CC3CC(O1)C2C3. The summed E-state index contributed by atoms with van der Waals surface area (Å²) in [5.74, 6) is 1.80. The third kappa shape index (κ3) is 6.47. The fraction of sp³-hybridized carbons (Fsp3) is 0.875. The molecule has 2 saturated carbocycles. The average Bonchev–Trinajstić information content (AvgIpc) is 3.26. The maximum atomic E-state index is 9.38. The minimum atomic E-state index is 0.255. The topological polar surface area (TPSA) is 42.2 Å². The van der Waals surface area contributed by atoms with Crippen molar-refractivity contribution in [3.05, 3.63) is 13.2 Å². The van der Waals surface area contributed by atoms with E-state index in [0.717, 1.165) is 50.7 Å². The highest BCUT2D eigenvalue weighted by Crippen LogP contribution is 2.52. The summed E-state index contributed by atoms with van der Waals surface area (Å²) in [4.78, 5) is 0. The molecule has 0 spiro atoms. The quantitative estimate of drug-likeness (QED) is 0.317. The lowest BCUT2D eigenvalue weighted by atomic mass is 9.93. The Hall–Kier alpha value is -0.590. The van der Waals surface area contributed by atoms with E-state index in [1.54, 1.807) is 0 Å². The zero-order chi connectivity index (χ0) is 18.9. The van der Waals surface area contributed by atoms with Crippen LogP contribution in [0.2, 0.25) is 0 Å². The van der Waals surface area contributed by atoms with Crippen LogP contribution in [-0.2, 0) is 9.47 Å². The van der Waals surface area contributed by atoms with E-state index in [9.17, 15) is 5.26 Å². The fourth-order valence-corrected chi connectivity index (χ4v) is 5.36. The first-order chi connectivity index (χ1) is 13.3. The summed E-state index contributed by atoms with van der Waals surface area (Å²) < 4.78 is 12.2. The first kappa shape index (κ1) is 21.1. The average molecular weight is 374 g/mol. The maximum Gasteiger partial charge on any atom is 0.224 e. The van der Waals surface area contributed by atoms with Crippen LogP contribution in [0.25, 0.3) is 0 Å². The van der Waals surface area contributed by atoms with Crippen molar-refractivity contribution in [1.29, 1.82) is 5.26 Å². The minimum absolute atomic E-state index is 0.255. The second-order valence-corrected chi connectivity index (χ2v) is 9.11. The maximum absolute atomic E-state index is 9.38. The highest BCUT2D eigenvalue weighted by Gasteiger charge is 2.52. The smallest absolute Gasteiger partial charge is 0.224 e. The number of hydrogen-bond acceptors (Lipinski definition) is 3. The van der Waals surface area contributed by atoms with Gasteiger partial charge in [-0.3, -0.25) is 0 Å². The molecular formula is C24H39NO2. The second kappa shape index (κ2) is 11.4. The van der Waals surface area contributed by atoms with Gasteiger partial charge in [0.2, 0.25) is 6.29 Å². The third-order valence-corrected chi connectivity index (χ3v) is 6.93. The van der Waals surface area contributed by atoms with Gasteiger partial charge in [-0.25, -0.2) is 0 Å². The van der Waals surface area contributed by atoms with E-state index in [-0.39, 0.29) is 5.92 Å². The summed E-state index contributed by atoms with van der Waals surface area (Å²) in [6.07, 6.45) is 21.0. The van der Waals surface area contributed by atoms with E-state index in [2.05, 4.69) is 13.0 Å². The largest absolute Gasteiger partial charge is 0.342 e. The molecule has 1 heterocycles. The Labute approximate surface area is 167 Å².